The van der Waals surface area contributed by atoms with E-state index < -0.39 is 22.1 Å². The molecule has 1 unspecified atom stereocenters. The molecule has 0 rings (SSSR count). The molecule has 0 heterocycles. The quantitative estimate of drug-likeness (QED) is 0.551. The van der Waals surface area contributed by atoms with Crippen molar-refractivity contribution < 1.29 is 18.3 Å². The molecule has 0 spiro atoms. The smallest absolute Gasteiger partial charge is 0.307 e. The van der Waals surface area contributed by atoms with E-state index in [1.165, 1.54) is 0 Å². The Balaban J connectivity index is 4.07. The SMILES string of the molecule is CCCNS(=O)(=O)NCC(CC)C(=O)O. The lowest BCUT2D eigenvalue weighted by molar-refractivity contribution is -0.141. The number of nitrogens with one attached hydrogen (secondary N) is 2. The van der Waals surface area contributed by atoms with Crippen molar-refractivity contribution in [1.29, 1.82) is 0 Å². The number of rotatable bonds is 8. The highest BCUT2D eigenvalue weighted by atomic mass is 32.2. The molecule has 0 aromatic carbocycles. The van der Waals surface area contributed by atoms with Crippen LogP contribution in [0.2, 0.25) is 0 Å². The van der Waals surface area contributed by atoms with Crippen LogP contribution >= 0.6 is 0 Å². The van der Waals surface area contributed by atoms with Gasteiger partial charge in [-0.2, -0.15) is 8.42 Å². The number of carboxylic acids is 1. The van der Waals surface area contributed by atoms with Crippen LogP contribution in [0.4, 0.5) is 0 Å². The summed E-state index contributed by atoms with van der Waals surface area (Å²) in [7, 11) is -3.55. The van der Waals surface area contributed by atoms with Crippen molar-refractivity contribution in [2.45, 2.75) is 26.7 Å². The third-order valence-electron chi connectivity index (χ3n) is 1.90. The molecule has 3 N–H and O–H groups in total. The third kappa shape index (κ3) is 6.43. The summed E-state index contributed by atoms with van der Waals surface area (Å²) in [5, 5.41) is 8.69. The minimum absolute atomic E-state index is 0.0785. The van der Waals surface area contributed by atoms with E-state index in [-0.39, 0.29) is 6.54 Å². The molecule has 0 aromatic heterocycles. The zero-order valence-electron chi connectivity index (χ0n) is 8.99. The van der Waals surface area contributed by atoms with Gasteiger partial charge in [-0.3, -0.25) is 4.79 Å². The second-order valence-corrected chi connectivity index (χ2v) is 4.77. The Kier molecular flexibility index (Phi) is 6.46. The Morgan fingerprint density at radius 3 is 2.33 bits per heavy atom. The van der Waals surface area contributed by atoms with Crippen molar-refractivity contribution >= 4 is 16.2 Å². The lowest BCUT2D eigenvalue weighted by Gasteiger charge is -2.11. The van der Waals surface area contributed by atoms with E-state index in [1.807, 2.05) is 6.92 Å². The molecule has 7 heteroatoms. The molecule has 6 nitrogen and oxygen atoms in total. The molecule has 0 aliphatic carbocycles. The second-order valence-electron chi connectivity index (χ2n) is 3.19. The average molecular weight is 238 g/mol. The van der Waals surface area contributed by atoms with E-state index in [2.05, 4.69) is 9.44 Å². The van der Waals surface area contributed by atoms with E-state index in [0.29, 0.717) is 19.4 Å². The summed E-state index contributed by atoms with van der Waals surface area (Å²) in [5.41, 5.74) is 0. The van der Waals surface area contributed by atoms with E-state index in [4.69, 9.17) is 5.11 Å². The molecule has 0 amide bonds. The van der Waals surface area contributed by atoms with Crippen LogP contribution in [0.3, 0.4) is 0 Å². The van der Waals surface area contributed by atoms with Gasteiger partial charge in [0.05, 0.1) is 5.92 Å². The predicted octanol–water partition coefficient (Wildman–Crippen LogP) is -0.0688. The Morgan fingerprint density at radius 1 is 1.33 bits per heavy atom. The monoisotopic (exact) mass is 238 g/mol. The molecule has 0 radical (unpaired) electrons. The van der Waals surface area contributed by atoms with Crippen LogP contribution in [-0.2, 0) is 15.0 Å². The molecule has 1 atom stereocenters. The summed E-state index contributed by atoms with van der Waals surface area (Å²) in [5.74, 6) is -1.67. The minimum Gasteiger partial charge on any atom is -0.481 e. The van der Waals surface area contributed by atoms with Crippen LogP contribution in [-0.4, -0.2) is 32.6 Å². The number of hydrogen-bond donors (Lipinski definition) is 3. The van der Waals surface area contributed by atoms with Crippen LogP contribution in [0.5, 0.6) is 0 Å². The van der Waals surface area contributed by atoms with Crippen LogP contribution in [0.1, 0.15) is 26.7 Å². The first kappa shape index (κ1) is 14.3. The van der Waals surface area contributed by atoms with Gasteiger partial charge in [-0.25, -0.2) is 9.44 Å². The van der Waals surface area contributed by atoms with Gasteiger partial charge in [-0.15, -0.1) is 0 Å². The molecular formula is C8H18N2O4S. The van der Waals surface area contributed by atoms with Gasteiger partial charge in [0.1, 0.15) is 0 Å². The number of carboxylic acid groups (broad SMARTS) is 1. The topological polar surface area (TPSA) is 95.5 Å². The highest BCUT2D eigenvalue weighted by Gasteiger charge is 2.17. The summed E-state index contributed by atoms with van der Waals surface area (Å²) in [6, 6.07) is 0. The van der Waals surface area contributed by atoms with Crippen molar-refractivity contribution in [1.82, 2.24) is 9.44 Å². The number of carbonyl (C=O) groups is 1. The van der Waals surface area contributed by atoms with Crippen molar-refractivity contribution in [3.8, 4) is 0 Å². The zero-order chi connectivity index (χ0) is 11.9. The van der Waals surface area contributed by atoms with Crippen LogP contribution in [0, 0.1) is 5.92 Å². The molecule has 0 fully saturated rings. The molecule has 90 valence electrons. The molecule has 0 aliphatic rings. The maximum Gasteiger partial charge on any atom is 0.307 e. The largest absolute Gasteiger partial charge is 0.481 e. The highest BCUT2D eigenvalue weighted by Crippen LogP contribution is 2.00. The van der Waals surface area contributed by atoms with Gasteiger partial charge in [0.25, 0.3) is 10.2 Å². The fourth-order valence-electron chi connectivity index (χ4n) is 0.904. The van der Waals surface area contributed by atoms with Gasteiger partial charge in [0.2, 0.25) is 0 Å². The van der Waals surface area contributed by atoms with Crippen molar-refractivity contribution in [3.05, 3.63) is 0 Å². The molecular weight excluding hydrogens is 220 g/mol. The van der Waals surface area contributed by atoms with Crippen molar-refractivity contribution in [3.63, 3.8) is 0 Å². The van der Waals surface area contributed by atoms with Gasteiger partial charge in [0, 0.05) is 13.1 Å². The second kappa shape index (κ2) is 6.76. The van der Waals surface area contributed by atoms with E-state index in [0.717, 1.165) is 0 Å². The summed E-state index contributed by atoms with van der Waals surface area (Å²) in [6.45, 7) is 3.81. The molecule has 0 bridgehead atoms. The average Bonchev–Trinajstić information content (AvgIpc) is 2.15. The maximum absolute atomic E-state index is 11.2. The lowest BCUT2D eigenvalue weighted by Crippen LogP contribution is -2.40. The van der Waals surface area contributed by atoms with Gasteiger partial charge >= 0.3 is 5.97 Å². The first-order valence-corrected chi connectivity index (χ1v) is 6.38. The standard InChI is InChI=1S/C8H18N2O4S/c1-3-5-9-15(13,14)10-6-7(4-2)8(11)12/h7,9-10H,3-6H2,1-2H3,(H,11,12). The summed E-state index contributed by atoms with van der Waals surface area (Å²) in [6.07, 6.45) is 1.09. The summed E-state index contributed by atoms with van der Waals surface area (Å²) >= 11 is 0. The van der Waals surface area contributed by atoms with Gasteiger partial charge in [-0.1, -0.05) is 13.8 Å². The lowest BCUT2D eigenvalue weighted by atomic mass is 10.1. The van der Waals surface area contributed by atoms with Crippen molar-refractivity contribution in [2.24, 2.45) is 5.92 Å². The number of hydrogen-bond acceptors (Lipinski definition) is 3. The first-order chi connectivity index (χ1) is 6.93. The van der Waals surface area contributed by atoms with Crippen LogP contribution < -0.4 is 9.44 Å². The van der Waals surface area contributed by atoms with E-state index in [1.54, 1.807) is 6.92 Å². The zero-order valence-corrected chi connectivity index (χ0v) is 9.80. The summed E-state index contributed by atoms with van der Waals surface area (Å²) in [4.78, 5) is 10.6. The van der Waals surface area contributed by atoms with Crippen LogP contribution in [0.25, 0.3) is 0 Å². The molecule has 0 aliphatic heterocycles. The molecule has 0 saturated heterocycles. The number of aliphatic carboxylic acids is 1. The molecule has 0 saturated carbocycles. The van der Waals surface area contributed by atoms with E-state index >= 15 is 0 Å². The predicted molar refractivity (Wildman–Crippen MR) is 56.6 cm³/mol. The fraction of sp³-hybridized carbons (Fsp3) is 0.875. The minimum atomic E-state index is -3.55. The fourth-order valence-corrected chi connectivity index (χ4v) is 1.90. The Morgan fingerprint density at radius 2 is 1.93 bits per heavy atom. The van der Waals surface area contributed by atoms with Crippen LogP contribution in [0.15, 0.2) is 0 Å². The van der Waals surface area contributed by atoms with Gasteiger partial charge in [0.15, 0.2) is 0 Å². The Labute approximate surface area is 90.2 Å². The van der Waals surface area contributed by atoms with Gasteiger partial charge in [-0.05, 0) is 12.8 Å². The molecule has 15 heavy (non-hydrogen) atoms. The van der Waals surface area contributed by atoms with Crippen molar-refractivity contribution in [2.75, 3.05) is 13.1 Å². The first-order valence-electron chi connectivity index (χ1n) is 4.90. The normalized spacial score (nSPS) is 13.7. The Hall–Kier alpha value is -0.660. The molecule has 0 aromatic rings. The van der Waals surface area contributed by atoms with E-state index in [9.17, 15) is 13.2 Å². The maximum atomic E-state index is 11.2. The Bertz CT molecular complexity index is 289. The third-order valence-corrected chi connectivity index (χ3v) is 3.03. The van der Waals surface area contributed by atoms with Gasteiger partial charge < -0.3 is 5.11 Å². The highest BCUT2D eigenvalue weighted by molar-refractivity contribution is 7.87. The summed E-state index contributed by atoms with van der Waals surface area (Å²) < 4.78 is 26.9.